The molecular formula is C23H26N8S. The molecule has 32 heavy (non-hydrogen) atoms. The normalized spacial score (nSPS) is 15.3. The Balaban J connectivity index is 1.18. The van der Waals surface area contributed by atoms with Gasteiger partial charge >= 0.3 is 0 Å². The summed E-state index contributed by atoms with van der Waals surface area (Å²) in [5, 5.41) is 4.44. The molecule has 0 atom stereocenters. The molecule has 1 fully saturated rings. The van der Waals surface area contributed by atoms with Gasteiger partial charge in [-0.15, -0.1) is 11.3 Å². The Morgan fingerprint density at radius 2 is 1.59 bits per heavy atom. The number of aryl methyl sites for hydroxylation is 1. The first-order valence-electron chi connectivity index (χ1n) is 10.7. The molecule has 0 saturated carbocycles. The predicted octanol–water partition coefficient (Wildman–Crippen LogP) is 3.43. The van der Waals surface area contributed by atoms with Crippen molar-refractivity contribution in [1.82, 2.24) is 29.7 Å². The average Bonchev–Trinajstić information content (AvgIpc) is 3.19. The van der Waals surface area contributed by atoms with Gasteiger partial charge in [0.25, 0.3) is 0 Å². The molecule has 1 aliphatic rings. The van der Waals surface area contributed by atoms with E-state index in [-0.39, 0.29) is 5.95 Å². The lowest BCUT2D eigenvalue weighted by molar-refractivity contribution is 0.120. The molecule has 0 radical (unpaired) electrons. The summed E-state index contributed by atoms with van der Waals surface area (Å²) >= 11 is 1.78. The summed E-state index contributed by atoms with van der Waals surface area (Å²) in [4.78, 5) is 22.8. The fraction of sp³-hybridized carbons (Fsp3) is 0.304. The summed E-state index contributed by atoms with van der Waals surface area (Å²) in [5.41, 5.74) is 9.14. The van der Waals surface area contributed by atoms with E-state index in [9.17, 15) is 0 Å². The molecule has 8 nitrogen and oxygen atoms in total. The number of nitrogens with one attached hydrogen (secondary N) is 1. The Kier molecular flexibility index (Phi) is 5.93. The molecule has 0 spiro atoms. The second-order valence-electron chi connectivity index (χ2n) is 8.00. The molecular weight excluding hydrogens is 420 g/mol. The number of benzene rings is 2. The predicted molar refractivity (Wildman–Crippen MR) is 129 cm³/mol. The lowest BCUT2D eigenvalue weighted by Crippen LogP contribution is -2.45. The molecule has 1 saturated heterocycles. The zero-order valence-corrected chi connectivity index (χ0v) is 18.8. The van der Waals surface area contributed by atoms with Crippen LogP contribution in [0.5, 0.6) is 0 Å². The van der Waals surface area contributed by atoms with Crippen molar-refractivity contribution in [2.75, 3.05) is 37.2 Å². The van der Waals surface area contributed by atoms with Crippen LogP contribution >= 0.6 is 11.3 Å². The standard InChI is InChI=1S/C23H26N8S/c1-16-6-2-3-7-17(16)26-23-28-20(27-22(24)29-23)14-30-10-12-31(13-11-30)15-21-25-18-8-4-5-9-19(18)32-21/h2-9H,10-15H2,1H3,(H3,24,26,27,28,29). The highest BCUT2D eigenvalue weighted by atomic mass is 32.1. The third kappa shape index (κ3) is 4.85. The molecule has 164 valence electrons. The van der Waals surface area contributed by atoms with E-state index in [1.54, 1.807) is 11.3 Å². The van der Waals surface area contributed by atoms with Crippen LogP contribution in [0, 0.1) is 6.92 Å². The van der Waals surface area contributed by atoms with Crippen LogP contribution in [0.2, 0.25) is 0 Å². The number of piperazine rings is 1. The molecule has 3 N–H and O–H groups in total. The summed E-state index contributed by atoms with van der Waals surface area (Å²) in [7, 11) is 0. The number of hydrogen-bond donors (Lipinski definition) is 2. The van der Waals surface area contributed by atoms with Crippen LogP contribution in [0.15, 0.2) is 48.5 Å². The highest BCUT2D eigenvalue weighted by Crippen LogP contribution is 2.23. The van der Waals surface area contributed by atoms with Gasteiger partial charge in [0.05, 0.1) is 23.3 Å². The molecule has 0 bridgehead atoms. The second kappa shape index (κ2) is 9.15. The Morgan fingerprint density at radius 3 is 2.38 bits per heavy atom. The fourth-order valence-electron chi connectivity index (χ4n) is 3.88. The van der Waals surface area contributed by atoms with Gasteiger partial charge in [0.1, 0.15) is 10.8 Å². The maximum Gasteiger partial charge on any atom is 0.232 e. The monoisotopic (exact) mass is 446 g/mol. The molecule has 3 heterocycles. The summed E-state index contributed by atoms with van der Waals surface area (Å²) in [6.45, 7) is 7.49. The first-order chi connectivity index (χ1) is 15.6. The number of rotatable bonds is 6. The maximum atomic E-state index is 5.96. The number of hydrogen-bond acceptors (Lipinski definition) is 9. The Labute approximate surface area is 191 Å². The van der Waals surface area contributed by atoms with Crippen LogP contribution in [0.4, 0.5) is 17.6 Å². The highest BCUT2D eigenvalue weighted by molar-refractivity contribution is 7.18. The van der Waals surface area contributed by atoms with Crippen molar-refractivity contribution in [3.8, 4) is 0 Å². The quantitative estimate of drug-likeness (QED) is 0.465. The zero-order chi connectivity index (χ0) is 21.9. The van der Waals surface area contributed by atoms with E-state index in [4.69, 9.17) is 10.7 Å². The van der Waals surface area contributed by atoms with Gasteiger partial charge in [-0.05, 0) is 30.7 Å². The topological polar surface area (TPSA) is 96.1 Å². The zero-order valence-electron chi connectivity index (χ0n) is 18.0. The van der Waals surface area contributed by atoms with Crippen LogP contribution in [0.1, 0.15) is 16.4 Å². The van der Waals surface area contributed by atoms with Crippen LogP contribution in [0.25, 0.3) is 10.2 Å². The highest BCUT2D eigenvalue weighted by Gasteiger charge is 2.20. The number of para-hydroxylation sites is 2. The van der Waals surface area contributed by atoms with Gasteiger partial charge in [-0.25, -0.2) is 4.98 Å². The minimum atomic E-state index is 0.237. The third-order valence-corrected chi connectivity index (χ3v) is 6.64. The van der Waals surface area contributed by atoms with Crippen LogP contribution in [-0.4, -0.2) is 55.9 Å². The second-order valence-corrected chi connectivity index (χ2v) is 9.12. The molecule has 2 aromatic heterocycles. The number of nitrogens with two attached hydrogens (primary N) is 1. The molecule has 2 aromatic carbocycles. The van der Waals surface area contributed by atoms with Gasteiger partial charge in [0.2, 0.25) is 11.9 Å². The van der Waals surface area contributed by atoms with Gasteiger partial charge in [-0.3, -0.25) is 9.80 Å². The minimum Gasteiger partial charge on any atom is -0.368 e. The van der Waals surface area contributed by atoms with E-state index in [1.807, 2.05) is 37.3 Å². The van der Waals surface area contributed by atoms with E-state index in [0.29, 0.717) is 18.3 Å². The number of nitrogens with zero attached hydrogens (tertiary/aromatic N) is 6. The van der Waals surface area contributed by atoms with E-state index >= 15 is 0 Å². The third-order valence-electron chi connectivity index (χ3n) is 5.62. The molecule has 0 amide bonds. The van der Waals surface area contributed by atoms with E-state index < -0.39 is 0 Å². The lowest BCUT2D eigenvalue weighted by Gasteiger charge is -2.33. The Morgan fingerprint density at radius 1 is 0.875 bits per heavy atom. The summed E-state index contributed by atoms with van der Waals surface area (Å²) in [6.07, 6.45) is 0. The van der Waals surface area contributed by atoms with Crippen LogP contribution in [0.3, 0.4) is 0 Å². The number of aromatic nitrogens is 4. The van der Waals surface area contributed by atoms with Crippen molar-refractivity contribution >= 4 is 39.1 Å². The maximum absolute atomic E-state index is 5.96. The molecule has 1 aliphatic heterocycles. The first-order valence-corrected chi connectivity index (χ1v) is 11.6. The van der Waals surface area contributed by atoms with E-state index in [2.05, 4.69) is 48.3 Å². The van der Waals surface area contributed by atoms with Crippen LogP contribution < -0.4 is 11.1 Å². The minimum absolute atomic E-state index is 0.237. The fourth-order valence-corrected chi connectivity index (χ4v) is 4.89. The average molecular weight is 447 g/mol. The van der Waals surface area contributed by atoms with Gasteiger partial charge in [-0.1, -0.05) is 30.3 Å². The van der Waals surface area contributed by atoms with Crippen LogP contribution in [-0.2, 0) is 13.1 Å². The molecule has 9 heteroatoms. The molecule has 0 unspecified atom stereocenters. The van der Waals surface area contributed by atoms with Crippen molar-refractivity contribution in [2.45, 2.75) is 20.0 Å². The van der Waals surface area contributed by atoms with Gasteiger partial charge in [-0.2, -0.15) is 15.0 Å². The van der Waals surface area contributed by atoms with Gasteiger partial charge in [0, 0.05) is 31.9 Å². The number of nitrogen functional groups attached to an aromatic ring is 1. The summed E-state index contributed by atoms with van der Waals surface area (Å²) in [6, 6.07) is 16.4. The Hall–Kier alpha value is -3.14. The number of thiazole rings is 1. The SMILES string of the molecule is Cc1ccccc1Nc1nc(N)nc(CN2CCN(Cc3nc4ccccc4s3)CC2)n1. The molecule has 5 rings (SSSR count). The smallest absolute Gasteiger partial charge is 0.232 e. The van der Waals surface area contributed by atoms with Gasteiger partial charge in [0.15, 0.2) is 0 Å². The van der Waals surface area contributed by atoms with Gasteiger partial charge < -0.3 is 11.1 Å². The van der Waals surface area contributed by atoms with Crippen molar-refractivity contribution in [3.05, 3.63) is 64.9 Å². The van der Waals surface area contributed by atoms with Crippen molar-refractivity contribution in [3.63, 3.8) is 0 Å². The first kappa shape index (κ1) is 20.7. The van der Waals surface area contributed by atoms with Crippen molar-refractivity contribution in [2.24, 2.45) is 0 Å². The largest absolute Gasteiger partial charge is 0.368 e. The molecule has 0 aliphatic carbocycles. The molecule has 4 aromatic rings. The lowest BCUT2D eigenvalue weighted by atomic mass is 10.2. The number of fused-ring (bicyclic) bond motifs is 1. The Bertz CT molecular complexity index is 1180. The summed E-state index contributed by atoms with van der Waals surface area (Å²) < 4.78 is 1.25. The number of anilines is 3. The summed E-state index contributed by atoms with van der Waals surface area (Å²) in [5.74, 6) is 1.41. The van der Waals surface area contributed by atoms with E-state index in [0.717, 1.165) is 49.5 Å². The van der Waals surface area contributed by atoms with Crippen molar-refractivity contribution < 1.29 is 0 Å². The van der Waals surface area contributed by atoms with E-state index in [1.165, 1.54) is 9.71 Å². The van der Waals surface area contributed by atoms with Crippen molar-refractivity contribution in [1.29, 1.82) is 0 Å².